The van der Waals surface area contributed by atoms with Crippen LogP contribution in [0.25, 0.3) is 0 Å². The Kier molecular flexibility index (Phi) is 8.76. The van der Waals surface area contributed by atoms with E-state index in [1.54, 1.807) is 14.2 Å². The number of halogens is 1. The molecule has 7 heteroatoms. The van der Waals surface area contributed by atoms with E-state index in [9.17, 15) is 9.59 Å². The summed E-state index contributed by atoms with van der Waals surface area (Å²) in [7, 11) is 3.35. The van der Waals surface area contributed by atoms with Gasteiger partial charge in [0.05, 0.1) is 10.7 Å². The Morgan fingerprint density at radius 1 is 0.949 bits per heavy atom. The fourth-order valence-corrected chi connectivity index (χ4v) is 6.97. The smallest absolute Gasteiger partial charge is 0.174 e. The third-order valence-corrected chi connectivity index (χ3v) is 8.67. The molecule has 0 atom stereocenters. The number of allylic oxidation sites excluding steroid dienone is 4. The lowest BCUT2D eigenvalue weighted by molar-refractivity contribution is -0.117. The lowest BCUT2D eigenvalue weighted by Gasteiger charge is -2.44. The fourth-order valence-electron chi connectivity index (χ4n) is 6.19. The first-order valence-electron chi connectivity index (χ1n) is 13.8. The van der Waals surface area contributed by atoms with Crippen LogP contribution in [-0.2, 0) is 20.9 Å². The Labute approximate surface area is 244 Å². The molecule has 0 saturated heterocycles. The van der Waals surface area contributed by atoms with Crippen molar-refractivity contribution < 1.29 is 23.8 Å². The second kappa shape index (κ2) is 12.3. The number of carbonyl (C=O) groups excluding carboxylic acids is 2. The number of nitrogens with zero attached hydrogens (tertiary/aromatic N) is 1. The summed E-state index contributed by atoms with van der Waals surface area (Å²) in [4.78, 5) is 29.4. The van der Waals surface area contributed by atoms with Crippen molar-refractivity contribution in [2.75, 3.05) is 27.4 Å². The van der Waals surface area contributed by atoms with E-state index in [4.69, 9.17) is 14.2 Å². The van der Waals surface area contributed by atoms with Crippen LogP contribution in [0.15, 0.2) is 58.9 Å². The predicted octanol–water partition coefficient (Wildman–Crippen LogP) is 6.64. The Bertz CT molecular complexity index is 1300. The van der Waals surface area contributed by atoms with Gasteiger partial charge in [0, 0.05) is 61.6 Å². The Morgan fingerprint density at radius 2 is 1.64 bits per heavy atom. The van der Waals surface area contributed by atoms with Gasteiger partial charge in [0.2, 0.25) is 0 Å². The molecule has 2 aliphatic carbocycles. The van der Waals surface area contributed by atoms with Crippen molar-refractivity contribution >= 4 is 34.2 Å². The van der Waals surface area contributed by atoms with Crippen LogP contribution in [0, 0.1) is 10.5 Å². The minimum atomic E-state index is -0.373. The molecular formula is C32H36INO5. The second-order valence-corrected chi connectivity index (χ2v) is 11.7. The van der Waals surface area contributed by atoms with Gasteiger partial charge in [-0.05, 0) is 84.9 Å². The van der Waals surface area contributed by atoms with Gasteiger partial charge < -0.3 is 19.1 Å². The van der Waals surface area contributed by atoms with Gasteiger partial charge in [-0.25, -0.2) is 0 Å². The minimum Gasteiger partial charge on any atom is -0.493 e. The monoisotopic (exact) mass is 641 g/mol. The highest BCUT2D eigenvalue weighted by molar-refractivity contribution is 14.1. The van der Waals surface area contributed by atoms with Crippen LogP contribution in [0.1, 0.15) is 67.6 Å². The van der Waals surface area contributed by atoms with E-state index < -0.39 is 0 Å². The number of hydrogen-bond acceptors (Lipinski definition) is 6. The average Bonchev–Trinajstić information content (AvgIpc) is 2.92. The van der Waals surface area contributed by atoms with Crippen molar-refractivity contribution in [1.29, 1.82) is 0 Å². The molecule has 206 valence electrons. The van der Waals surface area contributed by atoms with Crippen LogP contribution in [0.2, 0.25) is 0 Å². The summed E-state index contributed by atoms with van der Waals surface area (Å²) in [6.45, 7) is 3.89. The van der Waals surface area contributed by atoms with Crippen LogP contribution in [-0.4, -0.2) is 43.8 Å². The Balaban J connectivity index is 1.57. The first kappa shape index (κ1) is 27.9. The zero-order valence-corrected chi connectivity index (χ0v) is 25.1. The zero-order valence-electron chi connectivity index (χ0n) is 23.0. The molecule has 1 aliphatic heterocycles. The molecule has 0 fully saturated rings. The van der Waals surface area contributed by atoms with E-state index in [0.29, 0.717) is 37.6 Å². The van der Waals surface area contributed by atoms with Crippen molar-refractivity contribution in [2.24, 2.45) is 0 Å². The molecular weight excluding hydrogens is 605 g/mol. The lowest BCUT2D eigenvalue weighted by Crippen LogP contribution is -2.39. The quantitative estimate of drug-likeness (QED) is 0.226. The molecule has 0 aromatic heterocycles. The van der Waals surface area contributed by atoms with E-state index >= 15 is 0 Å². The molecule has 0 amide bonds. The SMILES string of the molecule is COCCCN1C2=C(C(=O)CCC2)C(c2cc(I)c(OCc3cccc(C)c3)c(OC)c2)C2=C1CCCC2=O. The number of rotatable bonds is 9. The number of aryl methyl sites for hydroxylation is 1. The van der Waals surface area contributed by atoms with Gasteiger partial charge in [-0.3, -0.25) is 9.59 Å². The van der Waals surface area contributed by atoms with Crippen LogP contribution < -0.4 is 9.47 Å². The van der Waals surface area contributed by atoms with E-state index in [1.165, 1.54) is 5.56 Å². The van der Waals surface area contributed by atoms with Gasteiger partial charge in [-0.2, -0.15) is 0 Å². The van der Waals surface area contributed by atoms with Gasteiger partial charge in [0.15, 0.2) is 23.1 Å². The number of hydrogen-bond donors (Lipinski definition) is 0. The molecule has 0 radical (unpaired) electrons. The lowest BCUT2D eigenvalue weighted by atomic mass is 9.71. The predicted molar refractivity (Wildman–Crippen MR) is 159 cm³/mol. The number of Topliss-reactive ketones (excluding diaryl/α,β-unsaturated/α-hetero) is 2. The summed E-state index contributed by atoms with van der Waals surface area (Å²) in [6, 6.07) is 12.3. The summed E-state index contributed by atoms with van der Waals surface area (Å²) < 4.78 is 18.3. The maximum Gasteiger partial charge on any atom is 0.174 e. The number of methoxy groups -OCH3 is 2. The molecule has 0 saturated carbocycles. The van der Waals surface area contributed by atoms with Gasteiger partial charge in [0.1, 0.15) is 6.61 Å². The van der Waals surface area contributed by atoms with E-state index in [-0.39, 0.29) is 17.5 Å². The van der Waals surface area contributed by atoms with Crippen LogP contribution in [0.5, 0.6) is 11.5 Å². The number of benzene rings is 2. The molecule has 2 aromatic rings. The van der Waals surface area contributed by atoms with Crippen molar-refractivity contribution in [3.63, 3.8) is 0 Å². The Morgan fingerprint density at radius 3 is 2.26 bits per heavy atom. The van der Waals surface area contributed by atoms with Gasteiger partial charge >= 0.3 is 0 Å². The van der Waals surface area contributed by atoms with Crippen molar-refractivity contribution in [1.82, 2.24) is 4.90 Å². The molecule has 2 aromatic carbocycles. The summed E-state index contributed by atoms with van der Waals surface area (Å²) in [5.74, 6) is 1.22. The molecule has 0 spiro atoms. The number of ether oxygens (including phenoxy) is 3. The topological polar surface area (TPSA) is 65.1 Å². The molecule has 3 aliphatic rings. The van der Waals surface area contributed by atoms with Crippen LogP contribution >= 0.6 is 22.6 Å². The van der Waals surface area contributed by atoms with E-state index in [2.05, 4.69) is 52.6 Å². The number of carbonyl (C=O) groups is 2. The zero-order chi connectivity index (χ0) is 27.5. The highest BCUT2D eigenvalue weighted by atomic mass is 127. The largest absolute Gasteiger partial charge is 0.493 e. The summed E-state index contributed by atoms with van der Waals surface area (Å²) in [5, 5.41) is 0. The highest BCUT2D eigenvalue weighted by Gasteiger charge is 2.43. The van der Waals surface area contributed by atoms with E-state index in [0.717, 1.165) is 75.9 Å². The molecule has 0 unspecified atom stereocenters. The molecule has 6 nitrogen and oxygen atoms in total. The van der Waals surface area contributed by atoms with Crippen molar-refractivity contribution in [3.8, 4) is 11.5 Å². The average molecular weight is 642 g/mol. The first-order chi connectivity index (χ1) is 18.9. The van der Waals surface area contributed by atoms with Crippen molar-refractivity contribution in [3.05, 3.63) is 79.2 Å². The van der Waals surface area contributed by atoms with Gasteiger partial charge in [-0.15, -0.1) is 0 Å². The normalized spacial score (nSPS) is 17.9. The summed E-state index contributed by atoms with van der Waals surface area (Å²) in [5.41, 5.74) is 6.95. The number of ketones is 2. The summed E-state index contributed by atoms with van der Waals surface area (Å²) >= 11 is 2.28. The third kappa shape index (κ3) is 5.66. The molecule has 0 N–H and O–H groups in total. The molecule has 0 bridgehead atoms. The van der Waals surface area contributed by atoms with Crippen molar-refractivity contribution in [2.45, 2.75) is 64.4 Å². The standard InChI is InChI=1S/C32H36INO5/c1-20-8-4-9-21(16-20)19-39-32-23(33)17-22(18-28(32)38-3)29-30-24(10-5-12-26(30)35)34(14-7-15-37-2)25-11-6-13-27(36)31(25)29/h4,8-9,16-18,29H,5-7,10-15,19H2,1-3H3. The molecule has 1 heterocycles. The Hall–Kier alpha value is -2.65. The van der Waals surface area contributed by atoms with Crippen LogP contribution in [0.3, 0.4) is 0 Å². The molecule has 39 heavy (non-hydrogen) atoms. The van der Waals surface area contributed by atoms with Gasteiger partial charge in [0.25, 0.3) is 0 Å². The fraction of sp³-hybridized carbons (Fsp3) is 0.438. The maximum atomic E-state index is 13.6. The maximum absolute atomic E-state index is 13.6. The minimum absolute atomic E-state index is 0.150. The summed E-state index contributed by atoms with van der Waals surface area (Å²) in [6.07, 6.45) is 5.26. The third-order valence-electron chi connectivity index (χ3n) is 7.87. The first-order valence-corrected chi connectivity index (χ1v) is 14.9. The van der Waals surface area contributed by atoms with Crippen LogP contribution in [0.4, 0.5) is 0 Å². The van der Waals surface area contributed by atoms with Gasteiger partial charge in [-0.1, -0.05) is 29.8 Å². The van der Waals surface area contributed by atoms with E-state index in [1.807, 2.05) is 18.2 Å². The molecule has 5 rings (SSSR count). The highest BCUT2D eigenvalue weighted by Crippen LogP contribution is 2.50. The second-order valence-electron chi connectivity index (χ2n) is 10.5.